The maximum atomic E-state index is 14.1. The third-order valence-electron chi connectivity index (χ3n) is 7.37. The van der Waals surface area contributed by atoms with E-state index in [-0.39, 0.29) is 12.0 Å². The Kier molecular flexibility index (Phi) is 8.40. The van der Waals surface area contributed by atoms with E-state index in [1.54, 1.807) is 0 Å². The summed E-state index contributed by atoms with van der Waals surface area (Å²) < 4.78 is 53.0. The van der Waals surface area contributed by atoms with Gasteiger partial charge in [0.2, 0.25) is 0 Å². The highest BCUT2D eigenvalue weighted by Gasteiger charge is 2.32. The molecule has 1 heterocycles. The van der Waals surface area contributed by atoms with E-state index in [1.165, 1.54) is 62.4 Å². The molecule has 0 nitrogen and oxygen atoms in total. The first-order valence-corrected chi connectivity index (χ1v) is 13.9. The zero-order valence-electron chi connectivity index (χ0n) is 17.5. The molecule has 0 bridgehead atoms. The van der Waals surface area contributed by atoms with Crippen molar-refractivity contribution in [2.24, 2.45) is 11.8 Å². The van der Waals surface area contributed by atoms with Gasteiger partial charge in [-0.15, -0.1) is 0 Å². The summed E-state index contributed by atoms with van der Waals surface area (Å²) in [6.45, 7) is 2.27. The second kappa shape index (κ2) is 10.8. The van der Waals surface area contributed by atoms with Gasteiger partial charge in [0.25, 0.3) is 6.08 Å². The lowest BCUT2D eigenvalue weighted by molar-refractivity contribution is 0.216. The molecule has 3 rings (SSSR count). The third kappa shape index (κ3) is 6.19. The molecule has 0 amide bonds. The maximum absolute atomic E-state index is 14.1. The molecule has 29 heavy (non-hydrogen) atoms. The van der Waals surface area contributed by atoms with Crippen molar-refractivity contribution in [3.05, 3.63) is 41.0 Å². The molecule has 0 N–H and O–H groups in total. The van der Waals surface area contributed by atoms with Crippen LogP contribution in [0.5, 0.6) is 0 Å². The lowest BCUT2D eigenvalue weighted by Gasteiger charge is -2.37. The summed E-state index contributed by atoms with van der Waals surface area (Å²) >= 11 is 0. The number of hydrogen-bond acceptors (Lipinski definition) is 0. The van der Waals surface area contributed by atoms with Gasteiger partial charge in [0.15, 0.2) is 0 Å². The van der Waals surface area contributed by atoms with Gasteiger partial charge in [0, 0.05) is 14.9 Å². The largest absolute Gasteiger partial charge is 0.271 e. The van der Waals surface area contributed by atoms with Gasteiger partial charge in [-0.1, -0.05) is 57.2 Å². The van der Waals surface area contributed by atoms with Crippen LogP contribution in [0.15, 0.2) is 18.2 Å². The van der Waals surface area contributed by atoms with Crippen LogP contribution in [0, 0.1) is 23.5 Å². The second-order valence-electron chi connectivity index (χ2n) is 9.22. The first-order chi connectivity index (χ1) is 14.0. The summed E-state index contributed by atoms with van der Waals surface area (Å²) in [6.07, 6.45) is 9.27. The minimum absolute atomic E-state index is 0.142. The van der Waals surface area contributed by atoms with Crippen LogP contribution in [0.2, 0.25) is 18.1 Å². The average molecular weight is 427 g/mol. The standard InChI is InChI=1S/C24H34F4Si/c1-2-3-4-11-29-12-9-19(10-13-29)17-5-7-18(8-6-17)20-14-22(25)21(16-24(27)28)23(26)15-20/h14-19,29H,2-13H2,1H3/t17-,18-,19-,29-. The highest BCUT2D eigenvalue weighted by molar-refractivity contribution is 6.58. The van der Waals surface area contributed by atoms with Crippen LogP contribution in [-0.2, 0) is 0 Å². The monoisotopic (exact) mass is 426 g/mol. The SMILES string of the molecule is CCCCC[Si@H]1CC[C@H]([C@H]2CC[C@H](c3cc(F)c(C=C(F)F)c(F)c3)CC2)CC1. The Morgan fingerprint density at radius 3 is 2.07 bits per heavy atom. The zero-order chi connectivity index (χ0) is 20.8. The molecule has 0 spiro atoms. The van der Waals surface area contributed by atoms with E-state index < -0.39 is 32.1 Å². The Morgan fingerprint density at radius 2 is 1.52 bits per heavy atom. The molecular weight excluding hydrogens is 392 g/mol. The van der Waals surface area contributed by atoms with E-state index in [9.17, 15) is 17.6 Å². The predicted octanol–water partition coefficient (Wildman–Crippen LogP) is 8.30. The molecular formula is C24H34F4Si. The van der Waals surface area contributed by atoms with Gasteiger partial charge < -0.3 is 0 Å². The van der Waals surface area contributed by atoms with Gasteiger partial charge in [-0.05, 0) is 61.1 Å². The molecule has 2 aliphatic rings. The molecule has 1 saturated carbocycles. The Balaban J connectivity index is 1.50. The number of halogens is 4. The highest BCUT2D eigenvalue weighted by atomic mass is 28.3. The summed E-state index contributed by atoms with van der Waals surface area (Å²) in [7, 11) is -0.480. The van der Waals surface area contributed by atoms with Gasteiger partial charge in [-0.25, -0.2) is 8.78 Å². The molecule has 1 aliphatic carbocycles. The lowest BCUT2D eigenvalue weighted by Crippen LogP contribution is -2.28. The van der Waals surface area contributed by atoms with E-state index in [0.717, 1.165) is 37.5 Å². The van der Waals surface area contributed by atoms with Crippen LogP contribution in [0.3, 0.4) is 0 Å². The number of benzene rings is 1. The minimum Gasteiger partial charge on any atom is -0.206 e. The fourth-order valence-corrected chi connectivity index (χ4v) is 9.17. The Hall–Kier alpha value is -1.10. The summed E-state index contributed by atoms with van der Waals surface area (Å²) in [4.78, 5) is 0. The molecule has 0 atom stereocenters. The minimum atomic E-state index is -2.08. The Morgan fingerprint density at radius 1 is 0.931 bits per heavy atom. The van der Waals surface area contributed by atoms with E-state index in [4.69, 9.17) is 0 Å². The first kappa shape index (κ1) is 22.6. The number of hydrogen-bond donors (Lipinski definition) is 0. The van der Waals surface area contributed by atoms with Crippen molar-refractivity contribution in [2.45, 2.75) is 88.8 Å². The van der Waals surface area contributed by atoms with E-state index in [2.05, 4.69) is 6.92 Å². The zero-order valence-corrected chi connectivity index (χ0v) is 18.7. The predicted molar refractivity (Wildman–Crippen MR) is 115 cm³/mol. The smallest absolute Gasteiger partial charge is 0.206 e. The van der Waals surface area contributed by atoms with Crippen molar-refractivity contribution in [1.82, 2.24) is 0 Å². The number of unbranched alkanes of at least 4 members (excludes halogenated alkanes) is 2. The number of rotatable bonds is 7. The average Bonchev–Trinajstić information content (AvgIpc) is 2.71. The molecule has 0 radical (unpaired) electrons. The van der Waals surface area contributed by atoms with Gasteiger partial charge in [0.05, 0.1) is 5.56 Å². The molecule has 1 aromatic rings. The topological polar surface area (TPSA) is 0 Å². The molecule has 162 valence electrons. The van der Waals surface area contributed by atoms with E-state index in [0.29, 0.717) is 5.56 Å². The van der Waals surface area contributed by atoms with Gasteiger partial charge >= 0.3 is 0 Å². The molecule has 0 aromatic heterocycles. The van der Waals surface area contributed by atoms with Crippen molar-refractivity contribution < 1.29 is 17.6 Å². The Bertz CT molecular complexity index is 659. The summed E-state index contributed by atoms with van der Waals surface area (Å²) in [6, 6.07) is 7.06. The van der Waals surface area contributed by atoms with E-state index >= 15 is 0 Å². The third-order valence-corrected chi connectivity index (χ3v) is 10.9. The Labute approximate surface area is 174 Å². The van der Waals surface area contributed by atoms with Crippen LogP contribution >= 0.6 is 0 Å². The van der Waals surface area contributed by atoms with Crippen LogP contribution in [-0.4, -0.2) is 8.80 Å². The van der Waals surface area contributed by atoms with Crippen LogP contribution in [0.1, 0.15) is 81.8 Å². The van der Waals surface area contributed by atoms with Crippen molar-refractivity contribution in [2.75, 3.05) is 0 Å². The van der Waals surface area contributed by atoms with Crippen molar-refractivity contribution in [1.29, 1.82) is 0 Å². The molecule has 1 saturated heterocycles. The van der Waals surface area contributed by atoms with Crippen LogP contribution in [0.25, 0.3) is 6.08 Å². The summed E-state index contributed by atoms with van der Waals surface area (Å²) in [5, 5.41) is 0. The quantitative estimate of drug-likeness (QED) is 0.234. The summed E-state index contributed by atoms with van der Waals surface area (Å²) in [5.74, 6) is -0.0282. The van der Waals surface area contributed by atoms with Crippen LogP contribution < -0.4 is 0 Å². The van der Waals surface area contributed by atoms with Gasteiger partial charge in [0.1, 0.15) is 11.6 Å². The van der Waals surface area contributed by atoms with Crippen molar-refractivity contribution in [3.63, 3.8) is 0 Å². The fraction of sp³-hybridized carbons (Fsp3) is 0.667. The molecule has 1 aliphatic heterocycles. The lowest BCUT2D eigenvalue weighted by atomic mass is 9.72. The second-order valence-corrected chi connectivity index (χ2v) is 12.7. The van der Waals surface area contributed by atoms with Crippen LogP contribution in [0.4, 0.5) is 17.6 Å². The van der Waals surface area contributed by atoms with Crippen molar-refractivity contribution in [3.8, 4) is 0 Å². The van der Waals surface area contributed by atoms with Crippen molar-refractivity contribution >= 4 is 14.9 Å². The first-order valence-electron chi connectivity index (χ1n) is 11.5. The summed E-state index contributed by atoms with van der Waals surface area (Å²) in [5.41, 5.74) is -0.01000. The van der Waals surface area contributed by atoms with Gasteiger partial charge in [-0.2, -0.15) is 8.78 Å². The molecule has 1 aromatic carbocycles. The van der Waals surface area contributed by atoms with Gasteiger partial charge in [-0.3, -0.25) is 0 Å². The molecule has 0 unspecified atom stereocenters. The van der Waals surface area contributed by atoms with E-state index in [1.807, 2.05) is 0 Å². The molecule has 2 fully saturated rings. The maximum Gasteiger partial charge on any atom is 0.271 e. The molecule has 5 heteroatoms. The highest BCUT2D eigenvalue weighted by Crippen LogP contribution is 2.44. The fourth-order valence-electron chi connectivity index (χ4n) is 5.64. The normalized spacial score (nSPS) is 27.6.